The summed E-state index contributed by atoms with van der Waals surface area (Å²) in [6.45, 7) is 3.73. The van der Waals surface area contributed by atoms with Crippen LogP contribution >= 0.6 is 0 Å². The fourth-order valence-electron chi connectivity index (χ4n) is 3.72. The monoisotopic (exact) mass is 313 g/mol. The topological polar surface area (TPSA) is 55.2 Å². The Labute approximate surface area is 136 Å². The number of hydrogen-bond donors (Lipinski definition) is 1. The number of aromatic nitrogens is 3. The van der Waals surface area contributed by atoms with E-state index >= 15 is 0 Å². The minimum Gasteiger partial charge on any atom is -0.379 e. The van der Waals surface area contributed by atoms with Crippen molar-refractivity contribution in [3.05, 3.63) is 42.7 Å². The lowest BCUT2D eigenvalue weighted by molar-refractivity contribution is 0.0117. The van der Waals surface area contributed by atoms with Crippen molar-refractivity contribution < 1.29 is 4.74 Å². The number of hydrogen-bond acceptors (Lipinski definition) is 5. The summed E-state index contributed by atoms with van der Waals surface area (Å²) in [6.07, 6.45) is 9.68. The van der Waals surface area contributed by atoms with E-state index in [4.69, 9.17) is 4.74 Å². The largest absolute Gasteiger partial charge is 0.379 e. The van der Waals surface area contributed by atoms with E-state index in [1.807, 2.05) is 31.7 Å². The van der Waals surface area contributed by atoms with Gasteiger partial charge < -0.3 is 14.6 Å². The Morgan fingerprint density at radius 3 is 3.17 bits per heavy atom. The predicted molar refractivity (Wildman–Crippen MR) is 88.0 cm³/mol. The number of imidazole rings is 1. The standard InChI is InChI=1S/C17H23N5O/c1-21-8-6-19-16(21)11-22-7-4-17(13-22)9-15(12-23-17)20-14-3-2-5-18-10-14/h2-3,5-6,8,10,15,20H,4,7,9,11-13H2,1H3. The first-order valence-electron chi connectivity index (χ1n) is 8.22. The van der Waals surface area contributed by atoms with Gasteiger partial charge in [0.25, 0.3) is 0 Å². The fraction of sp³-hybridized carbons (Fsp3) is 0.529. The Kier molecular flexibility index (Phi) is 3.79. The first-order valence-corrected chi connectivity index (χ1v) is 8.22. The van der Waals surface area contributed by atoms with E-state index in [0.717, 1.165) is 50.6 Å². The quantitative estimate of drug-likeness (QED) is 0.930. The summed E-state index contributed by atoms with van der Waals surface area (Å²) in [5, 5.41) is 3.54. The highest BCUT2D eigenvalue weighted by Crippen LogP contribution is 2.36. The molecule has 6 nitrogen and oxygen atoms in total. The summed E-state index contributed by atoms with van der Waals surface area (Å²) in [6, 6.07) is 4.38. The van der Waals surface area contributed by atoms with Crippen molar-refractivity contribution in [3.8, 4) is 0 Å². The van der Waals surface area contributed by atoms with Gasteiger partial charge in [-0.3, -0.25) is 9.88 Å². The smallest absolute Gasteiger partial charge is 0.122 e. The molecule has 1 spiro atoms. The normalized spacial score (nSPS) is 27.8. The molecule has 23 heavy (non-hydrogen) atoms. The van der Waals surface area contributed by atoms with E-state index < -0.39 is 0 Å². The number of aryl methyl sites for hydroxylation is 1. The zero-order chi connectivity index (χ0) is 15.7. The van der Waals surface area contributed by atoms with Gasteiger partial charge in [0.1, 0.15) is 5.82 Å². The van der Waals surface area contributed by atoms with Gasteiger partial charge in [0, 0.05) is 51.3 Å². The minimum absolute atomic E-state index is 0.00500. The number of rotatable bonds is 4. The van der Waals surface area contributed by atoms with Crippen LogP contribution < -0.4 is 5.32 Å². The van der Waals surface area contributed by atoms with E-state index in [1.165, 1.54) is 0 Å². The van der Waals surface area contributed by atoms with Gasteiger partial charge >= 0.3 is 0 Å². The second kappa shape index (κ2) is 5.94. The molecule has 4 heterocycles. The van der Waals surface area contributed by atoms with Crippen molar-refractivity contribution >= 4 is 5.69 Å². The van der Waals surface area contributed by atoms with Crippen LogP contribution in [0.25, 0.3) is 0 Å². The number of nitrogens with zero attached hydrogens (tertiary/aromatic N) is 4. The Morgan fingerprint density at radius 2 is 2.39 bits per heavy atom. The minimum atomic E-state index is 0.00500. The first kappa shape index (κ1) is 14.7. The van der Waals surface area contributed by atoms with Gasteiger partial charge in [-0.05, 0) is 18.6 Å². The molecule has 0 saturated carbocycles. The average Bonchev–Trinajstić information content (AvgIpc) is 3.25. The summed E-state index contributed by atoms with van der Waals surface area (Å²) in [7, 11) is 2.05. The Bertz CT molecular complexity index is 658. The fourth-order valence-corrected chi connectivity index (χ4v) is 3.72. The van der Waals surface area contributed by atoms with Gasteiger partial charge in [-0.25, -0.2) is 4.98 Å². The van der Waals surface area contributed by atoms with Crippen LogP contribution in [0.3, 0.4) is 0 Å². The van der Waals surface area contributed by atoms with Crippen LogP contribution in [-0.4, -0.2) is 50.8 Å². The highest BCUT2D eigenvalue weighted by molar-refractivity contribution is 5.41. The number of likely N-dealkylation sites (tertiary alicyclic amines) is 1. The van der Waals surface area contributed by atoms with Gasteiger partial charge in [0.2, 0.25) is 0 Å². The molecule has 0 amide bonds. The van der Waals surface area contributed by atoms with Gasteiger partial charge in [-0.1, -0.05) is 0 Å². The van der Waals surface area contributed by atoms with Gasteiger partial charge in [-0.2, -0.15) is 0 Å². The second-order valence-electron chi connectivity index (χ2n) is 6.70. The molecule has 2 aliphatic heterocycles. The third-order valence-electron chi connectivity index (χ3n) is 4.92. The first-order chi connectivity index (χ1) is 11.2. The van der Waals surface area contributed by atoms with Crippen molar-refractivity contribution in [2.24, 2.45) is 7.05 Å². The number of pyridine rings is 1. The van der Waals surface area contributed by atoms with Crippen molar-refractivity contribution in [2.45, 2.75) is 31.0 Å². The number of ether oxygens (including phenoxy) is 1. The third-order valence-corrected chi connectivity index (χ3v) is 4.92. The second-order valence-corrected chi connectivity index (χ2v) is 6.70. The van der Waals surface area contributed by atoms with Gasteiger partial charge in [-0.15, -0.1) is 0 Å². The predicted octanol–water partition coefficient (Wildman–Crippen LogP) is 1.66. The molecular weight excluding hydrogens is 290 g/mol. The maximum absolute atomic E-state index is 6.21. The molecular formula is C17H23N5O. The van der Waals surface area contributed by atoms with E-state index in [1.54, 1.807) is 6.20 Å². The SMILES string of the molecule is Cn1ccnc1CN1CCC2(CC(Nc3cccnc3)CO2)C1. The zero-order valence-corrected chi connectivity index (χ0v) is 13.5. The maximum atomic E-state index is 6.21. The molecule has 4 rings (SSSR count). The van der Waals surface area contributed by atoms with E-state index in [9.17, 15) is 0 Å². The molecule has 0 aliphatic carbocycles. The molecule has 2 aliphatic rings. The van der Waals surface area contributed by atoms with Crippen LogP contribution in [0.2, 0.25) is 0 Å². The number of anilines is 1. The van der Waals surface area contributed by atoms with Crippen LogP contribution in [0.5, 0.6) is 0 Å². The molecule has 0 aromatic carbocycles. The Morgan fingerprint density at radius 1 is 1.43 bits per heavy atom. The molecule has 2 fully saturated rings. The summed E-state index contributed by atoms with van der Waals surface area (Å²) in [5.74, 6) is 1.12. The van der Waals surface area contributed by atoms with Gasteiger partial charge in [0.05, 0.1) is 30.5 Å². The van der Waals surface area contributed by atoms with E-state index in [2.05, 4.69) is 30.8 Å². The Hall–Kier alpha value is -1.92. The average molecular weight is 313 g/mol. The molecule has 6 heteroatoms. The molecule has 122 valence electrons. The molecule has 2 aromatic heterocycles. The van der Waals surface area contributed by atoms with Crippen molar-refractivity contribution in [3.63, 3.8) is 0 Å². The summed E-state index contributed by atoms with van der Waals surface area (Å²) < 4.78 is 8.30. The van der Waals surface area contributed by atoms with Crippen LogP contribution in [-0.2, 0) is 18.3 Å². The van der Waals surface area contributed by atoms with Crippen LogP contribution in [0.15, 0.2) is 36.9 Å². The Balaban J connectivity index is 1.35. The molecule has 0 radical (unpaired) electrons. The zero-order valence-electron chi connectivity index (χ0n) is 13.5. The maximum Gasteiger partial charge on any atom is 0.122 e. The molecule has 2 atom stereocenters. The summed E-state index contributed by atoms with van der Waals surface area (Å²) >= 11 is 0. The molecule has 0 bridgehead atoms. The highest BCUT2D eigenvalue weighted by atomic mass is 16.5. The highest BCUT2D eigenvalue weighted by Gasteiger charge is 2.45. The van der Waals surface area contributed by atoms with Gasteiger partial charge in [0.15, 0.2) is 0 Å². The molecule has 2 unspecified atom stereocenters. The van der Waals surface area contributed by atoms with Crippen LogP contribution in [0.1, 0.15) is 18.7 Å². The lowest BCUT2D eigenvalue weighted by atomic mass is 9.97. The summed E-state index contributed by atoms with van der Waals surface area (Å²) in [4.78, 5) is 11.0. The summed E-state index contributed by atoms with van der Waals surface area (Å²) in [5.41, 5.74) is 1.08. The third kappa shape index (κ3) is 3.09. The lowest BCUT2D eigenvalue weighted by Crippen LogP contribution is -2.33. The van der Waals surface area contributed by atoms with E-state index in [0.29, 0.717) is 6.04 Å². The van der Waals surface area contributed by atoms with Crippen molar-refractivity contribution in [2.75, 3.05) is 25.0 Å². The lowest BCUT2D eigenvalue weighted by Gasteiger charge is -2.23. The molecule has 2 aromatic rings. The molecule has 1 N–H and O–H groups in total. The van der Waals surface area contributed by atoms with Crippen LogP contribution in [0, 0.1) is 0 Å². The van der Waals surface area contributed by atoms with E-state index in [-0.39, 0.29) is 5.60 Å². The van der Waals surface area contributed by atoms with Crippen molar-refractivity contribution in [1.82, 2.24) is 19.4 Å². The number of nitrogens with one attached hydrogen (secondary N) is 1. The van der Waals surface area contributed by atoms with Crippen LogP contribution in [0.4, 0.5) is 5.69 Å². The van der Waals surface area contributed by atoms with Crippen molar-refractivity contribution in [1.29, 1.82) is 0 Å². The molecule has 2 saturated heterocycles.